The van der Waals surface area contributed by atoms with Crippen LogP contribution >= 0.6 is 34.5 Å². The molecule has 0 bridgehead atoms. The molecule has 0 aliphatic carbocycles. The van der Waals surface area contributed by atoms with E-state index in [2.05, 4.69) is 10.6 Å². The van der Waals surface area contributed by atoms with Crippen LogP contribution in [-0.2, 0) is 4.79 Å². The van der Waals surface area contributed by atoms with E-state index in [-0.39, 0.29) is 12.4 Å². The monoisotopic (exact) mass is 396 g/mol. The van der Waals surface area contributed by atoms with Gasteiger partial charge in [-0.15, -0.1) is 11.3 Å². The zero-order valence-corrected chi connectivity index (χ0v) is 14.9. The van der Waals surface area contributed by atoms with Gasteiger partial charge in [0.25, 0.3) is 5.91 Å². The van der Waals surface area contributed by atoms with E-state index < -0.39 is 11.8 Å². The van der Waals surface area contributed by atoms with Crippen molar-refractivity contribution < 1.29 is 14.0 Å². The predicted molar refractivity (Wildman–Crippen MR) is 99.2 cm³/mol. The number of thiophene rings is 1. The van der Waals surface area contributed by atoms with Gasteiger partial charge in [-0.25, -0.2) is 4.39 Å². The van der Waals surface area contributed by atoms with Crippen molar-refractivity contribution in [3.8, 4) is 0 Å². The van der Waals surface area contributed by atoms with E-state index in [9.17, 15) is 14.0 Å². The Labute approximate surface area is 156 Å². The van der Waals surface area contributed by atoms with Crippen molar-refractivity contribution >= 4 is 62.1 Å². The lowest BCUT2D eigenvalue weighted by Gasteiger charge is -2.08. The summed E-state index contributed by atoms with van der Waals surface area (Å²) in [6, 6.07) is 10.6. The molecule has 3 rings (SSSR count). The summed E-state index contributed by atoms with van der Waals surface area (Å²) >= 11 is 13.0. The van der Waals surface area contributed by atoms with E-state index in [0.717, 1.165) is 4.70 Å². The molecule has 0 aliphatic heterocycles. The minimum Gasteiger partial charge on any atom is -0.342 e. The van der Waals surface area contributed by atoms with Crippen molar-refractivity contribution in [1.82, 2.24) is 5.32 Å². The molecule has 0 saturated heterocycles. The van der Waals surface area contributed by atoms with Crippen LogP contribution in [0, 0.1) is 5.82 Å². The fourth-order valence-electron chi connectivity index (χ4n) is 2.16. The maximum Gasteiger partial charge on any atom is 0.261 e. The van der Waals surface area contributed by atoms with E-state index in [1.54, 1.807) is 24.3 Å². The Morgan fingerprint density at radius 3 is 2.68 bits per heavy atom. The summed E-state index contributed by atoms with van der Waals surface area (Å²) in [5.74, 6) is -1.21. The molecule has 0 fully saturated rings. The molecule has 3 aromatic rings. The number of nitrogens with one attached hydrogen (secondary N) is 2. The maximum absolute atomic E-state index is 13.2. The van der Waals surface area contributed by atoms with Gasteiger partial charge >= 0.3 is 0 Å². The Hall–Kier alpha value is -2.15. The topological polar surface area (TPSA) is 58.2 Å². The molecule has 8 heteroatoms. The number of halogens is 3. The van der Waals surface area contributed by atoms with Gasteiger partial charge in [0.05, 0.1) is 22.1 Å². The highest BCUT2D eigenvalue weighted by atomic mass is 35.5. The molecule has 2 aromatic carbocycles. The average molecular weight is 397 g/mol. The van der Waals surface area contributed by atoms with Crippen LogP contribution in [0.1, 0.15) is 9.67 Å². The summed E-state index contributed by atoms with van der Waals surface area (Å²) in [6.45, 7) is -0.232. The summed E-state index contributed by atoms with van der Waals surface area (Å²) in [7, 11) is 0. The molecular weight excluding hydrogens is 386 g/mol. The number of rotatable bonds is 4. The van der Waals surface area contributed by atoms with Gasteiger partial charge in [0.2, 0.25) is 5.91 Å². The number of carbonyl (C=O) groups excluding carboxylic acids is 2. The van der Waals surface area contributed by atoms with Crippen LogP contribution in [0.5, 0.6) is 0 Å². The van der Waals surface area contributed by atoms with E-state index in [1.807, 2.05) is 0 Å². The Morgan fingerprint density at radius 1 is 1.08 bits per heavy atom. The molecule has 2 N–H and O–H groups in total. The molecule has 0 radical (unpaired) electrons. The first-order valence-electron chi connectivity index (χ1n) is 7.14. The van der Waals surface area contributed by atoms with Crippen molar-refractivity contribution in [2.24, 2.45) is 0 Å². The zero-order valence-electron chi connectivity index (χ0n) is 12.6. The van der Waals surface area contributed by atoms with Gasteiger partial charge in [0.1, 0.15) is 5.82 Å². The van der Waals surface area contributed by atoms with Gasteiger partial charge in [0.15, 0.2) is 0 Å². The second-order valence-corrected chi connectivity index (χ2v) is 7.08. The Kier molecular flexibility index (Phi) is 5.22. The minimum atomic E-state index is -0.440. The molecule has 2 amide bonds. The molecule has 0 aliphatic rings. The van der Waals surface area contributed by atoms with Crippen LogP contribution in [0.2, 0.25) is 10.0 Å². The zero-order chi connectivity index (χ0) is 18.0. The van der Waals surface area contributed by atoms with Crippen LogP contribution in [0.4, 0.5) is 10.1 Å². The number of hydrogen-bond acceptors (Lipinski definition) is 3. The van der Waals surface area contributed by atoms with Gasteiger partial charge in [-0.05, 0) is 47.9 Å². The van der Waals surface area contributed by atoms with Crippen molar-refractivity contribution in [2.75, 3.05) is 11.9 Å². The number of anilines is 1. The average Bonchev–Trinajstić information content (AvgIpc) is 2.99. The third-order valence-corrected chi connectivity index (χ3v) is 4.99. The second kappa shape index (κ2) is 7.39. The molecule has 1 heterocycles. The fraction of sp³-hybridized carbons (Fsp3) is 0.0588. The van der Waals surface area contributed by atoms with Crippen LogP contribution in [0.25, 0.3) is 10.1 Å². The SMILES string of the molecule is O=C(CNC(=O)c1cc2cc(F)ccc2s1)Nc1cc(Cl)ccc1Cl. The van der Waals surface area contributed by atoms with Crippen LogP contribution in [0.15, 0.2) is 42.5 Å². The van der Waals surface area contributed by atoms with Gasteiger partial charge in [-0.3, -0.25) is 9.59 Å². The molecule has 0 saturated carbocycles. The molecule has 0 unspecified atom stereocenters. The number of amides is 2. The van der Waals surface area contributed by atoms with E-state index >= 15 is 0 Å². The van der Waals surface area contributed by atoms with E-state index in [1.165, 1.54) is 29.5 Å². The molecule has 128 valence electrons. The highest BCUT2D eigenvalue weighted by molar-refractivity contribution is 7.20. The Morgan fingerprint density at radius 2 is 1.88 bits per heavy atom. The van der Waals surface area contributed by atoms with Gasteiger partial charge in [-0.2, -0.15) is 0 Å². The van der Waals surface area contributed by atoms with Gasteiger partial charge in [-0.1, -0.05) is 23.2 Å². The molecule has 1 aromatic heterocycles. The largest absolute Gasteiger partial charge is 0.342 e. The second-order valence-electron chi connectivity index (χ2n) is 5.15. The van der Waals surface area contributed by atoms with Crippen molar-refractivity contribution in [1.29, 1.82) is 0 Å². The van der Waals surface area contributed by atoms with Crippen LogP contribution in [0.3, 0.4) is 0 Å². The standard InChI is InChI=1S/C17H11Cl2FN2O2S/c18-10-1-3-12(19)13(7-10)22-16(23)8-21-17(24)15-6-9-5-11(20)2-4-14(9)25-15/h1-7H,8H2,(H,21,24)(H,22,23). The Balaban J connectivity index is 1.62. The summed E-state index contributed by atoms with van der Waals surface area (Å²) in [5.41, 5.74) is 0.366. The number of fused-ring (bicyclic) bond motifs is 1. The third kappa shape index (κ3) is 4.28. The predicted octanol–water partition coefficient (Wildman–Crippen LogP) is 4.72. The lowest BCUT2D eigenvalue weighted by Crippen LogP contribution is -2.32. The Bertz CT molecular complexity index is 974. The summed E-state index contributed by atoms with van der Waals surface area (Å²) in [6.07, 6.45) is 0. The molecule has 0 spiro atoms. The first-order chi connectivity index (χ1) is 11.9. The maximum atomic E-state index is 13.2. The van der Waals surface area contributed by atoms with Crippen molar-refractivity contribution in [2.45, 2.75) is 0 Å². The van der Waals surface area contributed by atoms with Crippen LogP contribution < -0.4 is 10.6 Å². The summed E-state index contributed by atoms with van der Waals surface area (Å²) in [5, 5.41) is 6.51. The van der Waals surface area contributed by atoms with Gasteiger partial charge in [0, 0.05) is 9.72 Å². The lowest BCUT2D eigenvalue weighted by atomic mass is 10.2. The lowest BCUT2D eigenvalue weighted by molar-refractivity contribution is -0.115. The number of carbonyl (C=O) groups is 2. The summed E-state index contributed by atoms with van der Waals surface area (Å²) in [4.78, 5) is 24.5. The molecular formula is C17H11Cl2FN2O2S. The van der Waals surface area contributed by atoms with E-state index in [4.69, 9.17) is 23.2 Å². The minimum absolute atomic E-state index is 0.232. The number of hydrogen-bond donors (Lipinski definition) is 2. The quantitative estimate of drug-likeness (QED) is 0.670. The molecule has 25 heavy (non-hydrogen) atoms. The molecule has 4 nitrogen and oxygen atoms in total. The highest BCUT2D eigenvalue weighted by Gasteiger charge is 2.13. The first kappa shape index (κ1) is 17.7. The van der Waals surface area contributed by atoms with Crippen molar-refractivity contribution in [3.63, 3.8) is 0 Å². The van der Waals surface area contributed by atoms with Gasteiger partial charge < -0.3 is 10.6 Å². The third-order valence-electron chi connectivity index (χ3n) is 3.31. The summed E-state index contributed by atoms with van der Waals surface area (Å²) < 4.78 is 14.0. The normalized spacial score (nSPS) is 10.7. The fourth-order valence-corrected chi connectivity index (χ4v) is 3.46. The number of benzene rings is 2. The van der Waals surface area contributed by atoms with Crippen LogP contribution in [-0.4, -0.2) is 18.4 Å². The van der Waals surface area contributed by atoms with Crippen molar-refractivity contribution in [3.05, 3.63) is 63.2 Å². The highest BCUT2D eigenvalue weighted by Crippen LogP contribution is 2.27. The smallest absolute Gasteiger partial charge is 0.261 e. The molecule has 0 atom stereocenters. The first-order valence-corrected chi connectivity index (χ1v) is 8.72. The van der Waals surface area contributed by atoms with E-state index in [0.29, 0.717) is 26.0 Å².